The van der Waals surface area contributed by atoms with E-state index in [1.165, 1.54) is 0 Å². The van der Waals surface area contributed by atoms with Crippen molar-refractivity contribution in [2.75, 3.05) is 12.4 Å². The zero-order valence-electron chi connectivity index (χ0n) is 18.9. The van der Waals surface area contributed by atoms with Gasteiger partial charge in [-0.25, -0.2) is 4.98 Å². The van der Waals surface area contributed by atoms with Gasteiger partial charge in [0.1, 0.15) is 18.2 Å². The van der Waals surface area contributed by atoms with Crippen LogP contribution >= 0.6 is 11.6 Å². The third-order valence-electron chi connectivity index (χ3n) is 5.93. The molecule has 7 nitrogen and oxygen atoms in total. The van der Waals surface area contributed by atoms with Crippen LogP contribution in [0, 0.1) is 0 Å². The van der Waals surface area contributed by atoms with E-state index in [9.17, 15) is 9.59 Å². The maximum atomic E-state index is 13.1. The molecule has 2 heterocycles. The summed E-state index contributed by atoms with van der Waals surface area (Å²) < 4.78 is 11.5. The first-order valence-corrected chi connectivity index (χ1v) is 11.4. The Kier molecular flexibility index (Phi) is 6.25. The highest BCUT2D eigenvalue weighted by atomic mass is 35.5. The van der Waals surface area contributed by atoms with Crippen molar-refractivity contribution in [2.45, 2.75) is 18.9 Å². The molecule has 0 fully saturated rings. The molecule has 0 saturated heterocycles. The third-order valence-corrected chi connectivity index (χ3v) is 6.30. The maximum Gasteiger partial charge on any atom is 0.257 e. The number of carbonyl (C=O) groups excluding carboxylic acids is 1. The number of rotatable bonds is 6. The van der Waals surface area contributed by atoms with Crippen molar-refractivity contribution in [1.82, 2.24) is 9.97 Å². The summed E-state index contributed by atoms with van der Waals surface area (Å²) in [5.74, 6) is 1.00. The number of aromatic amines is 1. The fourth-order valence-electron chi connectivity index (χ4n) is 4.18. The van der Waals surface area contributed by atoms with Gasteiger partial charge in [0.15, 0.2) is 11.5 Å². The second kappa shape index (κ2) is 9.64. The van der Waals surface area contributed by atoms with E-state index in [1.54, 1.807) is 25.3 Å². The van der Waals surface area contributed by atoms with Crippen molar-refractivity contribution in [3.8, 4) is 22.9 Å². The van der Waals surface area contributed by atoms with Crippen molar-refractivity contribution in [1.29, 1.82) is 0 Å². The quantitative estimate of drug-likeness (QED) is 0.392. The van der Waals surface area contributed by atoms with E-state index in [0.29, 0.717) is 27.9 Å². The Morgan fingerprint density at radius 1 is 1.00 bits per heavy atom. The molecule has 0 saturated carbocycles. The maximum absolute atomic E-state index is 13.1. The van der Waals surface area contributed by atoms with Gasteiger partial charge in [0, 0.05) is 28.5 Å². The van der Waals surface area contributed by atoms with Crippen LogP contribution in [0.5, 0.6) is 11.5 Å². The molecule has 1 amide bonds. The van der Waals surface area contributed by atoms with Gasteiger partial charge in [0.2, 0.25) is 5.91 Å². The monoisotopic (exact) mass is 487 g/mol. The average molecular weight is 488 g/mol. The van der Waals surface area contributed by atoms with Crippen molar-refractivity contribution in [2.24, 2.45) is 0 Å². The Morgan fingerprint density at radius 3 is 2.54 bits per heavy atom. The van der Waals surface area contributed by atoms with E-state index in [2.05, 4.69) is 15.3 Å². The Labute approximate surface area is 206 Å². The van der Waals surface area contributed by atoms with Crippen LogP contribution in [-0.4, -0.2) is 23.0 Å². The van der Waals surface area contributed by atoms with Crippen LogP contribution in [0.3, 0.4) is 0 Å². The topological polar surface area (TPSA) is 93.3 Å². The smallest absolute Gasteiger partial charge is 0.257 e. The highest BCUT2D eigenvalue weighted by Gasteiger charge is 2.31. The number of amides is 1. The van der Waals surface area contributed by atoms with E-state index >= 15 is 0 Å². The van der Waals surface area contributed by atoms with Gasteiger partial charge in [0.05, 0.1) is 12.7 Å². The fraction of sp³-hybridized carbons (Fsp3) is 0.148. The molecule has 3 aromatic carbocycles. The molecule has 35 heavy (non-hydrogen) atoms. The summed E-state index contributed by atoms with van der Waals surface area (Å²) in [7, 11) is 1.55. The molecule has 8 heteroatoms. The molecule has 0 aliphatic carbocycles. The highest BCUT2D eigenvalue weighted by molar-refractivity contribution is 6.31. The number of H-pyrrole nitrogens is 1. The molecule has 176 valence electrons. The minimum atomic E-state index is -0.480. The number of carbonyl (C=O) groups is 1. The molecule has 2 N–H and O–H groups in total. The number of hydrogen-bond acceptors (Lipinski definition) is 5. The number of methoxy groups -OCH3 is 1. The third kappa shape index (κ3) is 4.63. The van der Waals surface area contributed by atoms with E-state index in [4.69, 9.17) is 21.1 Å². The lowest BCUT2D eigenvalue weighted by molar-refractivity contribution is -0.116. The van der Waals surface area contributed by atoms with Gasteiger partial charge in [-0.2, -0.15) is 0 Å². The van der Waals surface area contributed by atoms with Crippen molar-refractivity contribution >= 4 is 23.3 Å². The SMILES string of the molecule is COc1cc([C@H]2CC(=O)Nc3nc(-c4ccccc4)[nH]c(=O)c32)ccc1OCc1ccccc1Cl. The number of anilines is 1. The fourth-order valence-corrected chi connectivity index (χ4v) is 4.37. The first kappa shape index (κ1) is 22.7. The molecular weight excluding hydrogens is 466 g/mol. The molecule has 1 aromatic heterocycles. The number of hydrogen-bond donors (Lipinski definition) is 2. The molecule has 1 atom stereocenters. The van der Waals surface area contributed by atoms with Gasteiger partial charge in [-0.1, -0.05) is 66.2 Å². The van der Waals surface area contributed by atoms with Crippen molar-refractivity contribution < 1.29 is 14.3 Å². The molecule has 4 aromatic rings. The number of aromatic nitrogens is 2. The second-order valence-corrected chi connectivity index (χ2v) is 8.55. The molecule has 0 bridgehead atoms. The Balaban J connectivity index is 1.48. The Hall–Kier alpha value is -4.10. The summed E-state index contributed by atoms with van der Waals surface area (Å²) in [6.07, 6.45) is 0.116. The highest BCUT2D eigenvalue weighted by Crippen LogP contribution is 2.38. The van der Waals surface area contributed by atoms with Crippen LogP contribution < -0.4 is 20.3 Å². The van der Waals surface area contributed by atoms with Crippen molar-refractivity contribution in [3.05, 3.63) is 105 Å². The van der Waals surface area contributed by atoms with Crippen LogP contribution in [0.25, 0.3) is 11.4 Å². The molecular formula is C27H22ClN3O4. The average Bonchev–Trinajstić information content (AvgIpc) is 2.88. The zero-order chi connectivity index (χ0) is 24.4. The molecule has 5 rings (SSSR count). The minimum Gasteiger partial charge on any atom is -0.493 e. The van der Waals surface area contributed by atoms with Gasteiger partial charge in [-0.3, -0.25) is 9.59 Å². The number of nitrogens with zero attached hydrogens (tertiary/aromatic N) is 1. The van der Waals surface area contributed by atoms with Gasteiger partial charge < -0.3 is 19.8 Å². The van der Waals surface area contributed by atoms with Gasteiger partial charge in [-0.05, 0) is 23.8 Å². The first-order valence-electron chi connectivity index (χ1n) is 11.1. The van der Waals surface area contributed by atoms with Gasteiger partial charge >= 0.3 is 0 Å². The lowest BCUT2D eigenvalue weighted by Crippen LogP contribution is -2.31. The molecule has 1 aliphatic heterocycles. The summed E-state index contributed by atoms with van der Waals surface area (Å²) in [6, 6.07) is 22.1. The van der Waals surface area contributed by atoms with Crippen LogP contribution in [0.15, 0.2) is 77.6 Å². The number of ether oxygens (including phenoxy) is 2. The lowest BCUT2D eigenvalue weighted by Gasteiger charge is -2.25. The number of fused-ring (bicyclic) bond motifs is 1. The van der Waals surface area contributed by atoms with E-state index in [1.807, 2.05) is 54.6 Å². The summed E-state index contributed by atoms with van der Waals surface area (Å²) in [4.78, 5) is 33.1. The zero-order valence-corrected chi connectivity index (χ0v) is 19.6. The van der Waals surface area contributed by atoms with Crippen molar-refractivity contribution in [3.63, 3.8) is 0 Å². The largest absolute Gasteiger partial charge is 0.493 e. The van der Waals surface area contributed by atoms with Crippen LogP contribution in [0.2, 0.25) is 5.02 Å². The van der Waals surface area contributed by atoms with Crippen LogP contribution in [0.1, 0.15) is 29.0 Å². The standard InChI is InChI=1S/C27H22ClN3O4/c1-34-22-13-17(11-12-21(22)35-15-18-9-5-6-10-20(18)28)19-14-23(32)29-26-24(19)27(33)31-25(30-26)16-7-3-2-4-8-16/h2-13,19H,14-15H2,1H3,(H2,29,30,31,32,33)/t19-/m1/s1. The molecule has 0 unspecified atom stereocenters. The predicted octanol–water partition coefficient (Wildman–Crippen LogP) is 5.15. The second-order valence-electron chi connectivity index (χ2n) is 8.14. The Morgan fingerprint density at radius 2 is 1.77 bits per heavy atom. The predicted molar refractivity (Wildman–Crippen MR) is 134 cm³/mol. The molecule has 0 spiro atoms. The Bertz CT molecular complexity index is 1450. The number of benzene rings is 3. The molecule has 0 radical (unpaired) electrons. The minimum absolute atomic E-state index is 0.116. The molecule has 1 aliphatic rings. The van der Waals surface area contributed by atoms with Gasteiger partial charge in [-0.15, -0.1) is 0 Å². The van der Waals surface area contributed by atoms with E-state index in [-0.39, 0.29) is 30.3 Å². The van der Waals surface area contributed by atoms with E-state index < -0.39 is 5.92 Å². The summed E-state index contributed by atoms with van der Waals surface area (Å²) in [5, 5.41) is 3.38. The summed E-state index contributed by atoms with van der Waals surface area (Å²) in [6.45, 7) is 0.274. The normalized spacial score (nSPS) is 14.7. The first-order chi connectivity index (χ1) is 17.0. The summed E-state index contributed by atoms with van der Waals surface area (Å²) >= 11 is 6.23. The van der Waals surface area contributed by atoms with Crippen LogP contribution in [-0.2, 0) is 11.4 Å². The van der Waals surface area contributed by atoms with E-state index in [0.717, 1.165) is 16.7 Å². The summed E-state index contributed by atoms with van der Waals surface area (Å²) in [5.41, 5.74) is 2.48. The van der Waals surface area contributed by atoms with Crippen LogP contribution in [0.4, 0.5) is 5.82 Å². The van der Waals surface area contributed by atoms with Gasteiger partial charge in [0.25, 0.3) is 5.56 Å². The number of halogens is 1. The number of nitrogens with one attached hydrogen (secondary N) is 2. The lowest BCUT2D eigenvalue weighted by atomic mass is 9.86.